The smallest absolute Gasteiger partial charge is 0.331 e. The first-order valence-electron chi connectivity index (χ1n) is 6.21. The zero-order chi connectivity index (χ0) is 15.2. The van der Waals surface area contributed by atoms with Gasteiger partial charge in [0.1, 0.15) is 0 Å². The Morgan fingerprint density at radius 2 is 1.85 bits per heavy atom. The van der Waals surface area contributed by atoms with Crippen LogP contribution in [0.25, 0.3) is 6.08 Å². The van der Waals surface area contributed by atoms with Crippen LogP contribution in [0, 0.1) is 16.7 Å². The highest BCUT2D eigenvalue weighted by Gasteiger charge is 2.21. The van der Waals surface area contributed by atoms with Crippen molar-refractivity contribution in [1.29, 1.82) is 5.26 Å². The maximum absolute atomic E-state index is 11.6. The summed E-state index contributed by atoms with van der Waals surface area (Å²) in [5.74, 6) is -0.690. The summed E-state index contributed by atoms with van der Waals surface area (Å²) >= 11 is 0. The molecule has 1 aromatic rings. The van der Waals surface area contributed by atoms with E-state index in [2.05, 4.69) is 0 Å². The summed E-state index contributed by atoms with van der Waals surface area (Å²) in [4.78, 5) is 23.0. The third kappa shape index (κ3) is 5.07. The minimum Gasteiger partial charge on any atom is -0.455 e. The molecule has 0 aliphatic heterocycles. The minimum atomic E-state index is -0.563. The average molecular weight is 271 g/mol. The van der Waals surface area contributed by atoms with E-state index in [0.29, 0.717) is 5.56 Å². The molecule has 0 saturated carbocycles. The van der Waals surface area contributed by atoms with E-state index in [1.165, 1.54) is 6.08 Å². The van der Waals surface area contributed by atoms with E-state index >= 15 is 0 Å². The van der Waals surface area contributed by atoms with Crippen molar-refractivity contribution >= 4 is 17.8 Å². The molecule has 20 heavy (non-hydrogen) atoms. The molecule has 0 aromatic heterocycles. The minimum absolute atomic E-state index is 0.127. The molecule has 0 fully saturated rings. The predicted octanol–water partition coefficient (Wildman–Crippen LogP) is 2.73. The topological polar surface area (TPSA) is 67.2 Å². The standard InChI is InChI=1S/C16H17NO3/c1-16(2,3)14(18)11-20-15(19)9-8-12-4-6-13(10-17)7-5-12/h4-9H,11H2,1-3H3/b9-8+. The highest BCUT2D eigenvalue weighted by Crippen LogP contribution is 2.14. The molecule has 0 bridgehead atoms. The SMILES string of the molecule is CC(C)(C)C(=O)COC(=O)/C=C/c1ccc(C#N)cc1. The zero-order valence-corrected chi connectivity index (χ0v) is 11.8. The Morgan fingerprint density at radius 1 is 1.25 bits per heavy atom. The van der Waals surface area contributed by atoms with Gasteiger partial charge >= 0.3 is 5.97 Å². The van der Waals surface area contributed by atoms with Crippen LogP contribution >= 0.6 is 0 Å². The van der Waals surface area contributed by atoms with Crippen LogP contribution in [0.15, 0.2) is 30.3 Å². The number of hydrogen-bond acceptors (Lipinski definition) is 4. The zero-order valence-electron chi connectivity index (χ0n) is 11.8. The van der Waals surface area contributed by atoms with Crippen molar-refractivity contribution in [2.75, 3.05) is 6.61 Å². The van der Waals surface area contributed by atoms with Gasteiger partial charge in [-0.15, -0.1) is 0 Å². The normalized spacial score (nSPS) is 11.1. The average Bonchev–Trinajstić information content (AvgIpc) is 2.41. The molecule has 0 spiro atoms. The molecular weight excluding hydrogens is 254 g/mol. The first-order chi connectivity index (χ1) is 9.32. The molecule has 4 heteroatoms. The van der Waals surface area contributed by atoms with Crippen LogP contribution in [-0.2, 0) is 14.3 Å². The van der Waals surface area contributed by atoms with Gasteiger partial charge in [0.25, 0.3) is 0 Å². The van der Waals surface area contributed by atoms with Gasteiger partial charge < -0.3 is 4.74 Å². The second-order valence-electron chi connectivity index (χ2n) is 5.35. The van der Waals surface area contributed by atoms with Crippen LogP contribution in [0.4, 0.5) is 0 Å². The van der Waals surface area contributed by atoms with E-state index in [1.807, 2.05) is 6.07 Å². The summed E-state index contributed by atoms with van der Waals surface area (Å²) < 4.78 is 4.87. The van der Waals surface area contributed by atoms with Crippen LogP contribution in [0.5, 0.6) is 0 Å². The monoisotopic (exact) mass is 271 g/mol. The number of carbonyl (C=O) groups excluding carboxylic acids is 2. The number of rotatable bonds is 4. The molecule has 1 rings (SSSR count). The van der Waals surface area contributed by atoms with Crippen molar-refractivity contribution < 1.29 is 14.3 Å². The molecule has 0 heterocycles. The molecule has 0 amide bonds. The molecule has 104 valence electrons. The van der Waals surface area contributed by atoms with Gasteiger partial charge in [-0.05, 0) is 23.8 Å². The fourth-order valence-electron chi connectivity index (χ4n) is 1.23. The van der Waals surface area contributed by atoms with Crippen molar-refractivity contribution in [2.24, 2.45) is 5.41 Å². The molecule has 0 aliphatic rings. The van der Waals surface area contributed by atoms with E-state index in [9.17, 15) is 9.59 Å². The van der Waals surface area contributed by atoms with Gasteiger partial charge in [-0.1, -0.05) is 32.9 Å². The number of ketones is 1. The Labute approximate surface area is 118 Å². The quantitative estimate of drug-likeness (QED) is 0.623. The highest BCUT2D eigenvalue weighted by atomic mass is 16.5. The third-order valence-corrected chi connectivity index (χ3v) is 2.63. The number of nitriles is 1. The Morgan fingerprint density at radius 3 is 2.35 bits per heavy atom. The van der Waals surface area contributed by atoms with E-state index in [4.69, 9.17) is 10.00 Å². The van der Waals surface area contributed by atoms with E-state index < -0.39 is 11.4 Å². The summed E-state index contributed by atoms with van der Waals surface area (Å²) in [6, 6.07) is 8.78. The molecular formula is C16H17NO3. The number of nitrogens with zero attached hydrogens (tertiary/aromatic N) is 1. The lowest BCUT2D eigenvalue weighted by molar-refractivity contribution is -0.145. The van der Waals surface area contributed by atoms with Gasteiger partial charge in [0, 0.05) is 11.5 Å². The first kappa shape index (κ1) is 15.6. The molecule has 0 radical (unpaired) electrons. The lowest BCUT2D eigenvalue weighted by Gasteiger charge is -2.15. The molecule has 0 N–H and O–H groups in total. The summed E-state index contributed by atoms with van der Waals surface area (Å²) in [7, 11) is 0. The largest absolute Gasteiger partial charge is 0.455 e. The molecule has 0 aliphatic carbocycles. The number of benzene rings is 1. The van der Waals surface area contributed by atoms with E-state index in [0.717, 1.165) is 5.56 Å². The van der Waals surface area contributed by atoms with Crippen molar-refractivity contribution in [2.45, 2.75) is 20.8 Å². The summed E-state index contributed by atoms with van der Waals surface area (Å²) in [6.45, 7) is 5.10. The highest BCUT2D eigenvalue weighted by molar-refractivity contribution is 5.91. The lowest BCUT2D eigenvalue weighted by atomic mass is 9.91. The van der Waals surface area contributed by atoms with Crippen LogP contribution < -0.4 is 0 Å². The predicted molar refractivity (Wildman–Crippen MR) is 75.6 cm³/mol. The number of esters is 1. The number of carbonyl (C=O) groups is 2. The molecule has 4 nitrogen and oxygen atoms in total. The molecule has 0 saturated heterocycles. The fourth-order valence-corrected chi connectivity index (χ4v) is 1.23. The molecule has 1 aromatic carbocycles. The van der Waals surface area contributed by atoms with E-state index in [-0.39, 0.29) is 12.4 Å². The van der Waals surface area contributed by atoms with Crippen LogP contribution in [0.1, 0.15) is 31.9 Å². The Balaban J connectivity index is 2.52. The van der Waals surface area contributed by atoms with Crippen molar-refractivity contribution in [3.63, 3.8) is 0 Å². The summed E-state index contributed by atoms with van der Waals surface area (Å²) in [5, 5.41) is 8.66. The van der Waals surface area contributed by atoms with Gasteiger partial charge in [0.05, 0.1) is 11.6 Å². The molecule has 0 atom stereocenters. The van der Waals surface area contributed by atoms with Crippen molar-refractivity contribution in [1.82, 2.24) is 0 Å². The third-order valence-electron chi connectivity index (χ3n) is 2.63. The Hall–Kier alpha value is -2.41. The van der Waals surface area contributed by atoms with Crippen molar-refractivity contribution in [3.05, 3.63) is 41.5 Å². The van der Waals surface area contributed by atoms with Gasteiger partial charge in [0.15, 0.2) is 12.4 Å². The number of hydrogen-bond donors (Lipinski definition) is 0. The van der Waals surface area contributed by atoms with Crippen LogP contribution in [0.2, 0.25) is 0 Å². The number of Topliss-reactive ketones (excluding diaryl/α,β-unsaturated/α-hetero) is 1. The Bertz CT molecular complexity index is 557. The lowest BCUT2D eigenvalue weighted by Crippen LogP contribution is -2.25. The van der Waals surface area contributed by atoms with Gasteiger partial charge in [-0.25, -0.2) is 4.79 Å². The van der Waals surface area contributed by atoms with Crippen LogP contribution in [0.3, 0.4) is 0 Å². The van der Waals surface area contributed by atoms with E-state index in [1.54, 1.807) is 51.1 Å². The second kappa shape index (κ2) is 6.67. The number of ether oxygens (including phenoxy) is 1. The first-order valence-corrected chi connectivity index (χ1v) is 6.21. The fraction of sp³-hybridized carbons (Fsp3) is 0.312. The van der Waals surface area contributed by atoms with Gasteiger partial charge in [0.2, 0.25) is 0 Å². The Kier molecular flexibility index (Phi) is 5.22. The van der Waals surface area contributed by atoms with Crippen LogP contribution in [-0.4, -0.2) is 18.4 Å². The van der Waals surface area contributed by atoms with Gasteiger partial charge in [-0.2, -0.15) is 5.26 Å². The second-order valence-corrected chi connectivity index (χ2v) is 5.35. The maximum Gasteiger partial charge on any atom is 0.331 e. The van der Waals surface area contributed by atoms with Crippen molar-refractivity contribution in [3.8, 4) is 6.07 Å². The van der Waals surface area contributed by atoms with Gasteiger partial charge in [-0.3, -0.25) is 4.79 Å². The maximum atomic E-state index is 11.6. The summed E-state index contributed by atoms with van der Waals surface area (Å²) in [5.41, 5.74) is 0.820. The molecule has 0 unspecified atom stereocenters. The summed E-state index contributed by atoms with van der Waals surface area (Å²) in [6.07, 6.45) is 2.84.